The number of para-hydroxylation sites is 1. The van der Waals surface area contributed by atoms with Gasteiger partial charge in [0.1, 0.15) is 0 Å². The smallest absolute Gasteiger partial charge is 0.255 e. The van der Waals surface area contributed by atoms with Gasteiger partial charge in [-0.1, -0.05) is 43.8 Å². The lowest BCUT2D eigenvalue weighted by Crippen LogP contribution is -2.30. The monoisotopic (exact) mass is 456 g/mol. The van der Waals surface area contributed by atoms with Crippen molar-refractivity contribution in [2.45, 2.75) is 30.4 Å². The van der Waals surface area contributed by atoms with Crippen LogP contribution < -0.4 is 5.32 Å². The summed E-state index contributed by atoms with van der Waals surface area (Å²) in [4.78, 5) is 17.7. The highest BCUT2D eigenvalue weighted by Crippen LogP contribution is 2.32. The molecule has 0 saturated carbocycles. The summed E-state index contributed by atoms with van der Waals surface area (Å²) in [7, 11) is -3.56. The van der Waals surface area contributed by atoms with Crippen molar-refractivity contribution < 1.29 is 13.2 Å². The summed E-state index contributed by atoms with van der Waals surface area (Å²) in [5.41, 5.74) is 2.71. The average Bonchev–Trinajstić information content (AvgIpc) is 3.37. The van der Waals surface area contributed by atoms with Gasteiger partial charge >= 0.3 is 0 Å². The number of nitrogens with zero attached hydrogens (tertiary/aromatic N) is 3. The first-order valence-corrected chi connectivity index (χ1v) is 12.6. The van der Waals surface area contributed by atoms with E-state index in [2.05, 4.69) is 14.9 Å². The maximum absolute atomic E-state index is 12.8. The van der Waals surface area contributed by atoms with Crippen molar-refractivity contribution in [1.29, 1.82) is 0 Å². The van der Waals surface area contributed by atoms with Gasteiger partial charge in [-0.25, -0.2) is 13.4 Å². The van der Waals surface area contributed by atoms with E-state index >= 15 is 0 Å². The summed E-state index contributed by atoms with van der Waals surface area (Å²) in [6, 6.07) is 13.6. The van der Waals surface area contributed by atoms with Crippen LogP contribution in [0.15, 0.2) is 64.8 Å². The van der Waals surface area contributed by atoms with Crippen LogP contribution in [-0.2, 0) is 16.6 Å². The number of benzene rings is 2. The van der Waals surface area contributed by atoms with Crippen LogP contribution in [0.3, 0.4) is 0 Å². The molecule has 0 atom stereocenters. The molecule has 9 heteroatoms. The Balaban J connectivity index is 1.55. The standard InChI is InChI=1S/C22H24N4O3S2/c1-3-26(4-2)31(28,29)17-11-9-16(10-12-17)21(27)23-19-8-6-5-7-18(19)20-15-25-13-14-30-22(25)24-20/h5-12,15H,3-4,13-14H2,1-2H3,(H,23,27). The van der Waals surface area contributed by atoms with Gasteiger partial charge in [0.2, 0.25) is 10.0 Å². The summed E-state index contributed by atoms with van der Waals surface area (Å²) in [6.07, 6.45) is 2.01. The number of carbonyl (C=O) groups is 1. The van der Waals surface area contributed by atoms with Gasteiger partial charge in [0.25, 0.3) is 5.91 Å². The molecule has 0 radical (unpaired) electrons. The van der Waals surface area contributed by atoms with Gasteiger partial charge in [-0.15, -0.1) is 0 Å². The Labute approximate surface area is 186 Å². The Kier molecular flexibility index (Phi) is 6.17. The van der Waals surface area contributed by atoms with Crippen LogP contribution in [0.1, 0.15) is 24.2 Å². The van der Waals surface area contributed by atoms with Gasteiger partial charge in [-0.05, 0) is 30.3 Å². The van der Waals surface area contributed by atoms with E-state index in [4.69, 9.17) is 0 Å². The van der Waals surface area contributed by atoms with Crippen molar-refractivity contribution in [1.82, 2.24) is 13.9 Å². The molecule has 4 rings (SSSR count). The molecule has 1 amide bonds. The molecule has 2 heterocycles. The molecule has 1 aliphatic rings. The molecule has 1 aliphatic heterocycles. The number of imidazole rings is 1. The summed E-state index contributed by atoms with van der Waals surface area (Å²) in [6.45, 7) is 5.33. The molecule has 0 unspecified atom stereocenters. The number of aromatic nitrogens is 2. The van der Waals surface area contributed by atoms with E-state index in [1.54, 1.807) is 25.6 Å². The molecular formula is C22H24N4O3S2. The second-order valence-electron chi connectivity index (χ2n) is 7.06. The average molecular weight is 457 g/mol. The number of sulfonamides is 1. The molecule has 0 aliphatic carbocycles. The lowest BCUT2D eigenvalue weighted by atomic mass is 10.1. The molecule has 2 aromatic carbocycles. The highest BCUT2D eigenvalue weighted by atomic mass is 32.2. The highest BCUT2D eigenvalue weighted by Gasteiger charge is 2.22. The van der Waals surface area contributed by atoms with Crippen LogP contribution >= 0.6 is 11.8 Å². The number of carbonyl (C=O) groups excluding carboxylic acids is 1. The number of amides is 1. The third-order valence-electron chi connectivity index (χ3n) is 5.21. The Bertz CT molecular complexity index is 1180. The van der Waals surface area contributed by atoms with Crippen LogP contribution in [0, 0.1) is 0 Å². The predicted molar refractivity (Wildman–Crippen MR) is 123 cm³/mol. The maximum Gasteiger partial charge on any atom is 0.255 e. The zero-order chi connectivity index (χ0) is 22.0. The Morgan fingerprint density at radius 1 is 1.13 bits per heavy atom. The lowest BCUT2D eigenvalue weighted by molar-refractivity contribution is 0.102. The first kappa shape index (κ1) is 21.6. The molecule has 0 spiro atoms. The van der Waals surface area contributed by atoms with Crippen molar-refractivity contribution in [3.05, 3.63) is 60.3 Å². The number of rotatable bonds is 7. The predicted octanol–water partition coefficient (Wildman–Crippen LogP) is 3.94. The van der Waals surface area contributed by atoms with Gasteiger partial charge in [0.15, 0.2) is 5.16 Å². The number of fused-ring (bicyclic) bond motifs is 1. The maximum atomic E-state index is 12.8. The van der Waals surface area contributed by atoms with E-state index in [1.807, 2.05) is 30.5 Å². The van der Waals surface area contributed by atoms with Gasteiger partial charge in [-0.3, -0.25) is 4.79 Å². The molecule has 0 bridgehead atoms. The highest BCUT2D eigenvalue weighted by molar-refractivity contribution is 7.99. The van der Waals surface area contributed by atoms with E-state index in [0.717, 1.165) is 28.7 Å². The molecule has 7 nitrogen and oxygen atoms in total. The van der Waals surface area contributed by atoms with Gasteiger partial charge in [0, 0.05) is 42.7 Å². The second kappa shape index (κ2) is 8.86. The van der Waals surface area contributed by atoms with Crippen molar-refractivity contribution >= 4 is 33.4 Å². The number of anilines is 1. The summed E-state index contributed by atoms with van der Waals surface area (Å²) in [5, 5.41) is 3.93. The minimum absolute atomic E-state index is 0.179. The lowest BCUT2D eigenvalue weighted by Gasteiger charge is -2.18. The molecule has 0 saturated heterocycles. The van der Waals surface area contributed by atoms with Crippen molar-refractivity contribution in [3.8, 4) is 11.3 Å². The minimum Gasteiger partial charge on any atom is -0.325 e. The molecule has 0 fully saturated rings. The summed E-state index contributed by atoms with van der Waals surface area (Å²) < 4.78 is 28.8. The van der Waals surface area contributed by atoms with Crippen LogP contribution in [0.4, 0.5) is 5.69 Å². The number of nitrogens with one attached hydrogen (secondary N) is 1. The second-order valence-corrected chi connectivity index (χ2v) is 10.1. The fourth-order valence-corrected chi connectivity index (χ4v) is 5.94. The Hall–Kier alpha value is -2.62. The van der Waals surface area contributed by atoms with Gasteiger partial charge in [-0.2, -0.15) is 4.31 Å². The summed E-state index contributed by atoms with van der Waals surface area (Å²) in [5.74, 6) is 0.724. The Morgan fingerprint density at radius 3 is 2.52 bits per heavy atom. The fourth-order valence-electron chi connectivity index (χ4n) is 3.54. The molecule has 1 aromatic heterocycles. The van der Waals surface area contributed by atoms with E-state index in [0.29, 0.717) is 24.3 Å². The van der Waals surface area contributed by atoms with E-state index < -0.39 is 10.0 Å². The van der Waals surface area contributed by atoms with E-state index in [9.17, 15) is 13.2 Å². The zero-order valence-corrected chi connectivity index (χ0v) is 19.0. The number of hydrogen-bond donors (Lipinski definition) is 1. The minimum atomic E-state index is -3.56. The first-order chi connectivity index (χ1) is 14.9. The van der Waals surface area contributed by atoms with Crippen LogP contribution in [-0.4, -0.2) is 47.0 Å². The molecule has 162 valence electrons. The van der Waals surface area contributed by atoms with Gasteiger partial charge < -0.3 is 9.88 Å². The normalized spacial score (nSPS) is 13.4. The van der Waals surface area contributed by atoms with Crippen LogP contribution in [0.5, 0.6) is 0 Å². The quantitative estimate of drug-likeness (QED) is 0.582. The van der Waals surface area contributed by atoms with Crippen molar-refractivity contribution in [2.24, 2.45) is 0 Å². The van der Waals surface area contributed by atoms with E-state index in [-0.39, 0.29) is 10.8 Å². The fraction of sp³-hybridized carbons (Fsp3) is 0.273. The number of aryl methyl sites for hydroxylation is 1. The molecule has 31 heavy (non-hydrogen) atoms. The third-order valence-corrected chi connectivity index (χ3v) is 8.25. The molecule has 1 N–H and O–H groups in total. The van der Waals surface area contributed by atoms with Crippen molar-refractivity contribution in [2.75, 3.05) is 24.2 Å². The van der Waals surface area contributed by atoms with Crippen molar-refractivity contribution in [3.63, 3.8) is 0 Å². The topological polar surface area (TPSA) is 84.3 Å². The SMILES string of the molecule is CCN(CC)S(=O)(=O)c1ccc(C(=O)Nc2ccccc2-c2cn3c(n2)SCC3)cc1. The molecule has 3 aromatic rings. The third kappa shape index (κ3) is 4.26. The summed E-state index contributed by atoms with van der Waals surface area (Å²) >= 11 is 1.72. The number of hydrogen-bond acceptors (Lipinski definition) is 5. The van der Waals surface area contributed by atoms with Gasteiger partial charge in [0.05, 0.1) is 16.3 Å². The number of thioether (sulfide) groups is 1. The van der Waals surface area contributed by atoms with Crippen LogP contribution in [0.25, 0.3) is 11.3 Å². The van der Waals surface area contributed by atoms with E-state index in [1.165, 1.54) is 28.6 Å². The van der Waals surface area contributed by atoms with Crippen LogP contribution in [0.2, 0.25) is 0 Å². The largest absolute Gasteiger partial charge is 0.325 e. The first-order valence-electron chi connectivity index (χ1n) is 10.1. The zero-order valence-electron chi connectivity index (χ0n) is 17.4. The molecular weight excluding hydrogens is 432 g/mol. The Morgan fingerprint density at radius 2 is 1.84 bits per heavy atom.